The van der Waals surface area contributed by atoms with Crippen LogP contribution >= 0.6 is 0 Å². The van der Waals surface area contributed by atoms with E-state index in [0.29, 0.717) is 19.7 Å². The molecule has 0 radical (unpaired) electrons. The van der Waals surface area contributed by atoms with Crippen molar-refractivity contribution in [1.29, 1.82) is 0 Å². The topological polar surface area (TPSA) is 71.0 Å². The van der Waals surface area contributed by atoms with Crippen LogP contribution in [0.3, 0.4) is 0 Å². The zero-order valence-electron chi connectivity index (χ0n) is 11.2. The number of aliphatic hydroxyl groups excluding tert-OH is 1. The average Bonchev–Trinajstić information content (AvgIpc) is 2.29. The van der Waals surface area contributed by atoms with Crippen LogP contribution in [0.25, 0.3) is 0 Å². The first-order valence-corrected chi connectivity index (χ1v) is 6.46. The van der Waals surface area contributed by atoms with Crippen molar-refractivity contribution in [2.24, 2.45) is 0 Å². The van der Waals surface area contributed by atoms with Crippen LogP contribution in [0.15, 0.2) is 0 Å². The Morgan fingerprint density at radius 1 is 1.67 bits per heavy atom. The molecule has 1 rings (SSSR count). The number of ether oxygens (including phenoxy) is 2. The van der Waals surface area contributed by atoms with Gasteiger partial charge in [0.2, 0.25) is 0 Å². The molecule has 0 saturated carbocycles. The Kier molecular flexibility index (Phi) is 7.19. The quantitative estimate of drug-likeness (QED) is 0.585. The molecule has 0 aromatic rings. The van der Waals surface area contributed by atoms with Crippen molar-refractivity contribution in [3.8, 4) is 0 Å². The van der Waals surface area contributed by atoms with Gasteiger partial charge in [-0.25, -0.2) is 0 Å². The van der Waals surface area contributed by atoms with E-state index in [1.165, 1.54) is 0 Å². The van der Waals surface area contributed by atoms with E-state index in [9.17, 15) is 9.90 Å². The summed E-state index contributed by atoms with van der Waals surface area (Å²) >= 11 is 0. The van der Waals surface area contributed by atoms with E-state index in [-0.39, 0.29) is 18.5 Å². The molecule has 0 spiro atoms. The van der Waals surface area contributed by atoms with Gasteiger partial charge in [0.05, 0.1) is 31.8 Å². The van der Waals surface area contributed by atoms with Gasteiger partial charge in [-0.3, -0.25) is 4.79 Å². The van der Waals surface area contributed by atoms with Crippen molar-refractivity contribution in [3.05, 3.63) is 0 Å². The minimum Gasteiger partial charge on any atom is -0.466 e. The second-order valence-corrected chi connectivity index (χ2v) is 4.58. The monoisotopic (exact) mass is 260 g/mol. The van der Waals surface area contributed by atoms with Gasteiger partial charge in [-0.05, 0) is 14.0 Å². The van der Waals surface area contributed by atoms with Crippen LogP contribution in [0.4, 0.5) is 0 Å². The van der Waals surface area contributed by atoms with Crippen LogP contribution in [0.1, 0.15) is 13.3 Å². The van der Waals surface area contributed by atoms with E-state index in [4.69, 9.17) is 9.47 Å². The van der Waals surface area contributed by atoms with Gasteiger partial charge in [0.1, 0.15) is 0 Å². The molecule has 0 aliphatic carbocycles. The highest BCUT2D eigenvalue weighted by molar-refractivity contribution is 5.69. The summed E-state index contributed by atoms with van der Waals surface area (Å²) in [6, 6.07) is 0. The van der Waals surface area contributed by atoms with Gasteiger partial charge in [-0.1, -0.05) is 0 Å². The Morgan fingerprint density at radius 2 is 2.44 bits per heavy atom. The maximum Gasteiger partial charge on any atom is 0.308 e. The number of nitrogens with zero attached hydrogens (tertiary/aromatic N) is 1. The molecule has 0 bridgehead atoms. The lowest BCUT2D eigenvalue weighted by Crippen LogP contribution is -2.46. The molecule has 2 N–H and O–H groups in total. The highest BCUT2D eigenvalue weighted by Gasteiger charge is 2.18. The summed E-state index contributed by atoms with van der Waals surface area (Å²) < 4.78 is 10.3. The Hall–Kier alpha value is -0.690. The molecule has 1 saturated heterocycles. The summed E-state index contributed by atoms with van der Waals surface area (Å²) in [4.78, 5) is 13.3. The van der Waals surface area contributed by atoms with Crippen LogP contribution in [0.2, 0.25) is 0 Å². The van der Waals surface area contributed by atoms with Gasteiger partial charge in [0, 0.05) is 26.2 Å². The highest BCUT2D eigenvalue weighted by Crippen LogP contribution is 2.01. The van der Waals surface area contributed by atoms with E-state index in [1.807, 2.05) is 0 Å². The Bertz CT molecular complexity index is 250. The number of carbonyl (C=O) groups is 1. The summed E-state index contributed by atoms with van der Waals surface area (Å²) in [5.74, 6) is -0.361. The highest BCUT2D eigenvalue weighted by atomic mass is 16.5. The second-order valence-electron chi connectivity index (χ2n) is 4.58. The molecular formula is C12H24N2O4. The molecule has 1 heterocycles. The summed E-state index contributed by atoms with van der Waals surface area (Å²) in [5, 5.41) is 12.7. The van der Waals surface area contributed by atoms with Crippen molar-refractivity contribution in [3.63, 3.8) is 0 Å². The fourth-order valence-electron chi connectivity index (χ4n) is 1.89. The third-order valence-electron chi connectivity index (χ3n) is 2.80. The molecule has 106 valence electrons. The number of nitrogens with one attached hydrogen (secondary N) is 1. The van der Waals surface area contributed by atoms with E-state index < -0.39 is 6.10 Å². The molecule has 1 aliphatic rings. The molecule has 1 fully saturated rings. The lowest BCUT2D eigenvalue weighted by Gasteiger charge is -2.30. The first kappa shape index (κ1) is 15.4. The zero-order chi connectivity index (χ0) is 13.4. The van der Waals surface area contributed by atoms with Gasteiger partial charge >= 0.3 is 5.97 Å². The normalized spacial score (nSPS) is 22.7. The lowest BCUT2D eigenvalue weighted by atomic mass is 10.2. The van der Waals surface area contributed by atoms with Crippen LogP contribution in [0, 0.1) is 0 Å². The first-order chi connectivity index (χ1) is 8.61. The molecule has 18 heavy (non-hydrogen) atoms. The van der Waals surface area contributed by atoms with Gasteiger partial charge < -0.3 is 24.8 Å². The number of hydrogen-bond donors (Lipinski definition) is 2. The third-order valence-corrected chi connectivity index (χ3v) is 2.80. The molecule has 0 aromatic carbocycles. The van der Waals surface area contributed by atoms with Crippen molar-refractivity contribution < 1.29 is 19.4 Å². The van der Waals surface area contributed by atoms with E-state index in [1.54, 1.807) is 6.92 Å². The van der Waals surface area contributed by atoms with Crippen LogP contribution in [-0.4, -0.2) is 74.6 Å². The number of esters is 1. The number of carbonyl (C=O) groups excluding carboxylic acids is 1. The summed E-state index contributed by atoms with van der Waals surface area (Å²) in [6.45, 7) is 5.75. The molecule has 1 aliphatic heterocycles. The number of likely N-dealkylation sites (N-methyl/N-ethyl adjacent to an activating group) is 1. The molecule has 0 aromatic heterocycles. The van der Waals surface area contributed by atoms with Gasteiger partial charge in [0.25, 0.3) is 0 Å². The fraction of sp³-hybridized carbons (Fsp3) is 0.917. The predicted octanol–water partition coefficient (Wildman–Crippen LogP) is -0.779. The maximum absolute atomic E-state index is 11.1. The molecule has 0 amide bonds. The predicted molar refractivity (Wildman–Crippen MR) is 67.4 cm³/mol. The lowest BCUT2D eigenvalue weighted by molar-refractivity contribution is -0.145. The molecule has 6 nitrogen and oxygen atoms in total. The van der Waals surface area contributed by atoms with Crippen molar-refractivity contribution in [1.82, 2.24) is 10.2 Å². The van der Waals surface area contributed by atoms with Crippen molar-refractivity contribution >= 4 is 5.97 Å². The second kappa shape index (κ2) is 8.42. The van der Waals surface area contributed by atoms with Crippen LogP contribution < -0.4 is 5.32 Å². The Labute approximate surface area is 108 Å². The molecule has 6 heteroatoms. The number of hydrogen-bond acceptors (Lipinski definition) is 6. The fourth-order valence-corrected chi connectivity index (χ4v) is 1.89. The number of rotatable bonds is 7. The van der Waals surface area contributed by atoms with Gasteiger partial charge in [-0.2, -0.15) is 0 Å². The average molecular weight is 260 g/mol. The zero-order valence-corrected chi connectivity index (χ0v) is 11.2. The van der Waals surface area contributed by atoms with Gasteiger partial charge in [-0.15, -0.1) is 0 Å². The third kappa shape index (κ3) is 6.30. The van der Waals surface area contributed by atoms with Gasteiger partial charge in [0.15, 0.2) is 0 Å². The SMILES string of the molecule is CCOC(=O)CC(O)CNCC1CN(C)CCO1. The standard InChI is InChI=1S/C12H24N2O4/c1-3-17-12(16)6-10(15)7-13-8-11-9-14(2)4-5-18-11/h10-11,13,15H,3-9H2,1-2H3. The van der Waals surface area contributed by atoms with Crippen LogP contribution in [-0.2, 0) is 14.3 Å². The number of aliphatic hydroxyl groups is 1. The molecule has 2 atom stereocenters. The van der Waals surface area contributed by atoms with Crippen molar-refractivity contribution in [2.45, 2.75) is 25.6 Å². The molecular weight excluding hydrogens is 236 g/mol. The first-order valence-electron chi connectivity index (χ1n) is 6.46. The molecule has 2 unspecified atom stereocenters. The largest absolute Gasteiger partial charge is 0.466 e. The van der Waals surface area contributed by atoms with E-state index in [0.717, 1.165) is 19.7 Å². The maximum atomic E-state index is 11.1. The minimum absolute atomic E-state index is 0.0340. The smallest absolute Gasteiger partial charge is 0.308 e. The van der Waals surface area contributed by atoms with Crippen LogP contribution in [0.5, 0.6) is 0 Å². The number of morpholine rings is 1. The summed E-state index contributed by atoms with van der Waals surface area (Å²) in [5.41, 5.74) is 0. The van der Waals surface area contributed by atoms with Crippen molar-refractivity contribution in [2.75, 3.05) is 46.4 Å². The summed E-state index contributed by atoms with van der Waals surface area (Å²) in [6.07, 6.45) is -0.518. The Balaban J connectivity index is 2.07. The summed E-state index contributed by atoms with van der Waals surface area (Å²) in [7, 11) is 2.06. The Morgan fingerprint density at radius 3 is 3.11 bits per heavy atom. The minimum atomic E-state index is -0.703. The van der Waals surface area contributed by atoms with E-state index in [2.05, 4.69) is 17.3 Å². The van der Waals surface area contributed by atoms with E-state index >= 15 is 0 Å².